The van der Waals surface area contributed by atoms with Crippen LogP contribution in [0.25, 0.3) is 10.9 Å². The fourth-order valence-corrected chi connectivity index (χ4v) is 2.67. The van der Waals surface area contributed by atoms with Gasteiger partial charge in [0, 0.05) is 29.7 Å². The molecule has 0 fully saturated rings. The highest BCUT2D eigenvalue weighted by molar-refractivity contribution is 6.06. The predicted molar refractivity (Wildman–Crippen MR) is 86.1 cm³/mol. The van der Waals surface area contributed by atoms with Crippen LogP contribution in [-0.4, -0.2) is 23.5 Å². The summed E-state index contributed by atoms with van der Waals surface area (Å²) in [6.07, 6.45) is 3.80. The van der Waals surface area contributed by atoms with Crippen LogP contribution in [-0.2, 0) is 0 Å². The fraction of sp³-hybridized carbons (Fsp3) is 0.412. The lowest BCUT2D eigenvalue weighted by molar-refractivity contribution is 0.0949. The molecule has 0 aliphatic heterocycles. The molecule has 0 bridgehead atoms. The number of nitrogens with zero attached hydrogens (tertiary/aromatic N) is 1. The number of hydrogen-bond donors (Lipinski definition) is 2. The number of benzene rings is 1. The van der Waals surface area contributed by atoms with Gasteiger partial charge in [-0.15, -0.1) is 0 Å². The van der Waals surface area contributed by atoms with E-state index in [1.54, 1.807) is 6.20 Å². The van der Waals surface area contributed by atoms with Crippen LogP contribution in [0, 0.1) is 5.92 Å². The van der Waals surface area contributed by atoms with Gasteiger partial charge in [-0.25, -0.2) is 0 Å². The monoisotopic (exact) mass is 285 g/mol. The molecule has 4 heteroatoms. The molecule has 2 rings (SSSR count). The third-order valence-electron chi connectivity index (χ3n) is 4.04. The smallest absolute Gasteiger partial charge is 0.252 e. The van der Waals surface area contributed by atoms with E-state index < -0.39 is 0 Å². The zero-order valence-electron chi connectivity index (χ0n) is 12.7. The molecule has 0 aliphatic rings. The maximum atomic E-state index is 12.4. The van der Waals surface area contributed by atoms with E-state index in [1.807, 2.05) is 30.3 Å². The lowest BCUT2D eigenvalue weighted by atomic mass is 9.95. The van der Waals surface area contributed by atoms with Crippen molar-refractivity contribution in [1.82, 2.24) is 10.3 Å². The molecule has 0 radical (unpaired) electrons. The molecule has 0 saturated heterocycles. The Morgan fingerprint density at radius 1 is 1.24 bits per heavy atom. The van der Waals surface area contributed by atoms with Crippen LogP contribution in [0.15, 0.2) is 36.5 Å². The average Bonchev–Trinajstić information content (AvgIpc) is 2.53. The molecule has 1 aromatic heterocycles. The molecule has 2 aromatic rings. The van der Waals surface area contributed by atoms with Crippen molar-refractivity contribution in [1.29, 1.82) is 0 Å². The van der Waals surface area contributed by atoms with Crippen molar-refractivity contribution in [2.75, 3.05) is 6.54 Å². The second-order valence-electron chi connectivity index (χ2n) is 5.33. The molecular formula is C17H23N3O. The van der Waals surface area contributed by atoms with Crippen LogP contribution in [0.1, 0.15) is 37.0 Å². The number of nitrogens with one attached hydrogen (secondary N) is 1. The maximum Gasteiger partial charge on any atom is 0.252 e. The zero-order valence-corrected chi connectivity index (χ0v) is 12.7. The molecule has 0 aliphatic carbocycles. The first-order valence-corrected chi connectivity index (χ1v) is 7.54. The topological polar surface area (TPSA) is 68.0 Å². The second kappa shape index (κ2) is 7.18. The number of hydrogen-bond acceptors (Lipinski definition) is 3. The van der Waals surface area contributed by atoms with Crippen molar-refractivity contribution in [3.05, 3.63) is 42.1 Å². The van der Waals surface area contributed by atoms with Gasteiger partial charge in [-0.2, -0.15) is 0 Å². The summed E-state index contributed by atoms with van der Waals surface area (Å²) < 4.78 is 0. The van der Waals surface area contributed by atoms with E-state index in [0.717, 1.165) is 23.7 Å². The molecule has 3 N–H and O–H groups in total. The average molecular weight is 285 g/mol. The predicted octanol–water partition coefficient (Wildman–Crippen LogP) is 2.73. The summed E-state index contributed by atoms with van der Waals surface area (Å²) in [6.45, 7) is 4.76. The lowest BCUT2D eigenvalue weighted by Gasteiger charge is -2.21. The molecule has 1 unspecified atom stereocenters. The summed E-state index contributed by atoms with van der Waals surface area (Å²) in [4.78, 5) is 16.6. The van der Waals surface area contributed by atoms with Crippen LogP contribution in [0.2, 0.25) is 0 Å². The Labute approximate surface area is 125 Å². The zero-order chi connectivity index (χ0) is 15.2. The molecule has 1 heterocycles. The van der Waals surface area contributed by atoms with E-state index in [1.165, 1.54) is 0 Å². The summed E-state index contributed by atoms with van der Waals surface area (Å²) >= 11 is 0. The van der Waals surface area contributed by atoms with Crippen LogP contribution in [0.5, 0.6) is 0 Å². The molecule has 112 valence electrons. The van der Waals surface area contributed by atoms with Gasteiger partial charge in [-0.3, -0.25) is 9.78 Å². The highest BCUT2D eigenvalue weighted by Crippen LogP contribution is 2.16. The number of aromatic nitrogens is 1. The minimum atomic E-state index is -0.0880. The van der Waals surface area contributed by atoms with Gasteiger partial charge in [0.1, 0.15) is 0 Å². The van der Waals surface area contributed by atoms with Gasteiger partial charge in [-0.05, 0) is 24.1 Å². The van der Waals surface area contributed by atoms with Gasteiger partial charge >= 0.3 is 0 Å². The van der Waals surface area contributed by atoms with Crippen molar-refractivity contribution in [2.45, 2.75) is 32.7 Å². The summed E-state index contributed by atoms with van der Waals surface area (Å²) in [6, 6.07) is 9.33. The Bertz CT molecular complexity index is 603. The first-order chi connectivity index (χ1) is 10.2. The van der Waals surface area contributed by atoms with Crippen LogP contribution in [0.4, 0.5) is 0 Å². The van der Waals surface area contributed by atoms with Gasteiger partial charge < -0.3 is 11.1 Å². The summed E-state index contributed by atoms with van der Waals surface area (Å²) in [5, 5.41) is 3.82. The van der Waals surface area contributed by atoms with E-state index in [0.29, 0.717) is 18.0 Å². The minimum Gasteiger partial charge on any atom is -0.350 e. The Hall–Kier alpha value is -1.94. The fourth-order valence-electron chi connectivity index (χ4n) is 2.67. The van der Waals surface area contributed by atoms with E-state index in [2.05, 4.69) is 24.1 Å². The normalized spacial score (nSPS) is 12.6. The Morgan fingerprint density at radius 2 is 2.00 bits per heavy atom. The second-order valence-corrected chi connectivity index (χ2v) is 5.33. The Kier molecular flexibility index (Phi) is 5.28. The van der Waals surface area contributed by atoms with E-state index >= 15 is 0 Å². The van der Waals surface area contributed by atoms with E-state index in [-0.39, 0.29) is 11.9 Å². The largest absolute Gasteiger partial charge is 0.350 e. The molecule has 1 aromatic carbocycles. The lowest BCUT2D eigenvalue weighted by Crippen LogP contribution is -2.41. The number of carbonyl (C=O) groups excluding carboxylic acids is 1. The van der Waals surface area contributed by atoms with Gasteiger partial charge in [-0.1, -0.05) is 38.8 Å². The number of nitrogens with two attached hydrogens (primary N) is 1. The van der Waals surface area contributed by atoms with Crippen molar-refractivity contribution in [3.63, 3.8) is 0 Å². The van der Waals surface area contributed by atoms with E-state index in [4.69, 9.17) is 5.73 Å². The third-order valence-corrected chi connectivity index (χ3v) is 4.04. The number of fused-ring (bicyclic) bond motifs is 1. The molecule has 1 atom stereocenters. The molecule has 0 spiro atoms. The number of rotatable bonds is 6. The first kappa shape index (κ1) is 15.4. The van der Waals surface area contributed by atoms with Gasteiger partial charge in [0.05, 0.1) is 5.52 Å². The third kappa shape index (κ3) is 3.58. The molecule has 4 nitrogen and oxygen atoms in total. The van der Waals surface area contributed by atoms with Gasteiger partial charge in [0.2, 0.25) is 0 Å². The highest BCUT2D eigenvalue weighted by Gasteiger charge is 2.16. The number of amides is 1. The summed E-state index contributed by atoms with van der Waals surface area (Å²) in [5.74, 6) is 0.356. The van der Waals surface area contributed by atoms with Crippen molar-refractivity contribution in [3.8, 4) is 0 Å². The van der Waals surface area contributed by atoms with Crippen molar-refractivity contribution < 1.29 is 4.79 Å². The molecule has 21 heavy (non-hydrogen) atoms. The molecule has 0 saturated carbocycles. The summed E-state index contributed by atoms with van der Waals surface area (Å²) in [7, 11) is 0. The van der Waals surface area contributed by atoms with Gasteiger partial charge in [0.15, 0.2) is 0 Å². The van der Waals surface area contributed by atoms with Crippen LogP contribution < -0.4 is 11.1 Å². The first-order valence-electron chi connectivity index (χ1n) is 7.54. The Morgan fingerprint density at radius 3 is 2.71 bits per heavy atom. The highest BCUT2D eigenvalue weighted by atomic mass is 16.1. The van der Waals surface area contributed by atoms with Crippen LogP contribution >= 0.6 is 0 Å². The van der Waals surface area contributed by atoms with E-state index in [9.17, 15) is 4.79 Å². The SMILES string of the molecule is CCC(CC)C(N)CNC(=O)c1cccc2ncccc12. The van der Waals surface area contributed by atoms with Crippen molar-refractivity contribution >= 4 is 16.8 Å². The maximum absolute atomic E-state index is 12.4. The standard InChI is InChI=1S/C17H23N3O/c1-3-12(4-2)15(18)11-20-17(21)14-7-5-9-16-13(14)8-6-10-19-16/h5-10,12,15H,3-4,11,18H2,1-2H3,(H,20,21). The minimum absolute atomic E-state index is 0.00273. The van der Waals surface area contributed by atoms with Gasteiger partial charge in [0.25, 0.3) is 5.91 Å². The summed E-state index contributed by atoms with van der Waals surface area (Å²) in [5.41, 5.74) is 7.63. The van der Waals surface area contributed by atoms with Crippen molar-refractivity contribution in [2.24, 2.45) is 11.7 Å². The number of pyridine rings is 1. The molecule has 1 amide bonds. The number of carbonyl (C=O) groups is 1. The Balaban J connectivity index is 2.09. The quantitative estimate of drug-likeness (QED) is 0.857. The molecular weight excluding hydrogens is 262 g/mol. The van der Waals surface area contributed by atoms with Crippen LogP contribution in [0.3, 0.4) is 0 Å².